The first kappa shape index (κ1) is 19.4. The average molecular weight is 369 g/mol. The normalized spacial score (nSPS) is 15.2. The van der Waals surface area contributed by atoms with Crippen molar-refractivity contribution in [3.63, 3.8) is 0 Å². The third kappa shape index (κ3) is 5.52. The van der Waals surface area contributed by atoms with Crippen molar-refractivity contribution >= 4 is 21.8 Å². The van der Waals surface area contributed by atoms with Gasteiger partial charge >= 0.3 is 0 Å². The number of hydrogen-bond acceptors (Lipinski definition) is 5. The Morgan fingerprint density at radius 1 is 1.16 bits per heavy atom. The molecule has 8 nitrogen and oxygen atoms in total. The van der Waals surface area contributed by atoms with Crippen LogP contribution in [0.2, 0.25) is 0 Å². The summed E-state index contributed by atoms with van der Waals surface area (Å²) >= 11 is 0. The molecule has 2 amide bonds. The molecule has 1 aliphatic heterocycles. The van der Waals surface area contributed by atoms with Gasteiger partial charge in [0, 0.05) is 44.4 Å². The molecular formula is C16H23N3O5S. The summed E-state index contributed by atoms with van der Waals surface area (Å²) in [5, 5.41) is 2.66. The van der Waals surface area contributed by atoms with E-state index >= 15 is 0 Å². The van der Waals surface area contributed by atoms with E-state index in [1.807, 2.05) is 0 Å². The van der Waals surface area contributed by atoms with Crippen LogP contribution >= 0.6 is 0 Å². The maximum atomic E-state index is 12.3. The lowest BCUT2D eigenvalue weighted by molar-refractivity contribution is 0.0303. The third-order valence-electron chi connectivity index (χ3n) is 3.97. The van der Waals surface area contributed by atoms with E-state index in [1.165, 1.54) is 7.05 Å². The summed E-state index contributed by atoms with van der Waals surface area (Å²) in [6.45, 7) is 2.60. The van der Waals surface area contributed by atoms with Crippen molar-refractivity contribution in [1.29, 1.82) is 0 Å². The summed E-state index contributed by atoms with van der Waals surface area (Å²) in [6, 6.07) is 6.41. The number of carbonyl (C=O) groups is 2. The van der Waals surface area contributed by atoms with E-state index in [0.29, 0.717) is 37.4 Å². The molecule has 1 saturated heterocycles. The molecular weight excluding hydrogens is 346 g/mol. The molecule has 25 heavy (non-hydrogen) atoms. The minimum atomic E-state index is -3.26. The van der Waals surface area contributed by atoms with E-state index < -0.39 is 10.0 Å². The lowest BCUT2D eigenvalue weighted by Crippen LogP contribution is -2.40. The first-order valence-electron chi connectivity index (χ1n) is 7.95. The minimum Gasteiger partial charge on any atom is -0.378 e. The third-order valence-corrected chi connectivity index (χ3v) is 5.29. The Hall–Kier alpha value is -1.97. The summed E-state index contributed by atoms with van der Waals surface area (Å²) < 4.78 is 28.9. The van der Waals surface area contributed by atoms with Gasteiger partial charge in [-0.15, -0.1) is 0 Å². The van der Waals surface area contributed by atoms with Gasteiger partial charge in [-0.1, -0.05) is 0 Å². The van der Waals surface area contributed by atoms with Crippen LogP contribution < -0.4 is 5.32 Å². The molecule has 0 aromatic heterocycles. The number of carbonyl (C=O) groups excluding carboxylic acids is 2. The van der Waals surface area contributed by atoms with Crippen LogP contribution in [-0.4, -0.2) is 82.1 Å². The van der Waals surface area contributed by atoms with E-state index in [1.54, 1.807) is 29.2 Å². The molecule has 2 rings (SSSR count). The van der Waals surface area contributed by atoms with E-state index in [4.69, 9.17) is 4.74 Å². The summed E-state index contributed by atoms with van der Waals surface area (Å²) in [4.78, 5) is 26.1. The number of morpholine rings is 1. The van der Waals surface area contributed by atoms with Crippen LogP contribution in [0.4, 0.5) is 0 Å². The molecule has 0 radical (unpaired) electrons. The minimum absolute atomic E-state index is 0.0787. The highest BCUT2D eigenvalue weighted by Gasteiger charge is 2.18. The van der Waals surface area contributed by atoms with Crippen LogP contribution in [0.3, 0.4) is 0 Å². The molecule has 1 heterocycles. The molecule has 0 unspecified atom stereocenters. The van der Waals surface area contributed by atoms with Crippen LogP contribution in [-0.2, 0) is 14.8 Å². The number of sulfonamides is 1. The van der Waals surface area contributed by atoms with E-state index in [0.717, 1.165) is 10.6 Å². The van der Waals surface area contributed by atoms with Crippen LogP contribution in [0.15, 0.2) is 24.3 Å². The smallest absolute Gasteiger partial charge is 0.254 e. The SMILES string of the molecule is CN(CCNC(=O)c1ccc(C(=O)N2CCOCC2)cc1)S(C)(=O)=O. The van der Waals surface area contributed by atoms with Crippen molar-refractivity contribution in [1.82, 2.24) is 14.5 Å². The van der Waals surface area contributed by atoms with Gasteiger partial charge in [0.2, 0.25) is 10.0 Å². The van der Waals surface area contributed by atoms with Crippen LogP contribution in [0.25, 0.3) is 0 Å². The fourth-order valence-corrected chi connectivity index (χ4v) is 2.73. The second-order valence-corrected chi connectivity index (χ2v) is 7.91. The van der Waals surface area contributed by atoms with E-state index in [-0.39, 0.29) is 24.9 Å². The number of hydrogen-bond donors (Lipinski definition) is 1. The second-order valence-electron chi connectivity index (χ2n) is 5.82. The number of benzene rings is 1. The van der Waals surface area contributed by atoms with Crippen molar-refractivity contribution in [2.45, 2.75) is 0 Å². The number of nitrogens with zero attached hydrogens (tertiary/aromatic N) is 2. The van der Waals surface area contributed by atoms with E-state index in [2.05, 4.69) is 5.32 Å². The van der Waals surface area contributed by atoms with Gasteiger partial charge in [-0.25, -0.2) is 12.7 Å². The molecule has 0 aliphatic carbocycles. The molecule has 0 saturated carbocycles. The van der Waals surface area contributed by atoms with Crippen LogP contribution in [0.5, 0.6) is 0 Å². The van der Waals surface area contributed by atoms with Crippen LogP contribution in [0.1, 0.15) is 20.7 Å². The molecule has 1 aromatic carbocycles. The number of rotatable bonds is 6. The van der Waals surface area contributed by atoms with Gasteiger partial charge in [-0.05, 0) is 24.3 Å². The van der Waals surface area contributed by atoms with Gasteiger partial charge in [0.05, 0.1) is 19.5 Å². The van der Waals surface area contributed by atoms with Crippen molar-refractivity contribution in [2.75, 3.05) is 52.7 Å². The topological polar surface area (TPSA) is 96.0 Å². The van der Waals surface area contributed by atoms with Crippen molar-refractivity contribution in [3.8, 4) is 0 Å². The van der Waals surface area contributed by atoms with Crippen LogP contribution in [0, 0.1) is 0 Å². The average Bonchev–Trinajstić information content (AvgIpc) is 2.61. The molecule has 1 fully saturated rings. The molecule has 138 valence electrons. The fourth-order valence-electron chi connectivity index (χ4n) is 2.31. The zero-order valence-electron chi connectivity index (χ0n) is 14.4. The monoisotopic (exact) mass is 369 g/mol. The van der Waals surface area contributed by atoms with Gasteiger partial charge in [0.15, 0.2) is 0 Å². The Balaban J connectivity index is 1.88. The van der Waals surface area contributed by atoms with Gasteiger partial charge in [0.1, 0.15) is 0 Å². The summed E-state index contributed by atoms with van der Waals surface area (Å²) in [6.07, 6.45) is 1.11. The Morgan fingerprint density at radius 3 is 2.28 bits per heavy atom. The summed E-state index contributed by atoms with van der Waals surface area (Å²) in [5.41, 5.74) is 0.941. The highest BCUT2D eigenvalue weighted by atomic mass is 32.2. The molecule has 9 heteroatoms. The molecule has 1 N–H and O–H groups in total. The van der Waals surface area contributed by atoms with Gasteiger partial charge in [0.25, 0.3) is 11.8 Å². The Labute approximate surface area is 147 Å². The zero-order valence-corrected chi connectivity index (χ0v) is 15.2. The summed E-state index contributed by atoms with van der Waals surface area (Å²) in [7, 11) is -1.81. The van der Waals surface area contributed by atoms with Gasteiger partial charge in [-0.3, -0.25) is 9.59 Å². The first-order chi connectivity index (χ1) is 11.8. The van der Waals surface area contributed by atoms with E-state index in [9.17, 15) is 18.0 Å². The Morgan fingerprint density at radius 2 is 1.72 bits per heavy atom. The quantitative estimate of drug-likeness (QED) is 0.748. The fraction of sp³-hybridized carbons (Fsp3) is 0.500. The largest absolute Gasteiger partial charge is 0.378 e. The molecule has 0 atom stereocenters. The lowest BCUT2D eigenvalue weighted by atomic mass is 10.1. The van der Waals surface area contributed by atoms with Crippen molar-refractivity contribution in [3.05, 3.63) is 35.4 Å². The highest BCUT2D eigenvalue weighted by molar-refractivity contribution is 7.88. The standard InChI is InChI=1S/C16H23N3O5S/c1-18(25(2,22)23)8-7-17-15(20)13-3-5-14(6-4-13)16(21)19-9-11-24-12-10-19/h3-6H,7-12H2,1-2H3,(H,17,20). The number of nitrogens with one attached hydrogen (secondary N) is 1. The van der Waals surface area contributed by atoms with Crippen molar-refractivity contribution in [2.24, 2.45) is 0 Å². The highest BCUT2D eigenvalue weighted by Crippen LogP contribution is 2.09. The van der Waals surface area contributed by atoms with Gasteiger partial charge in [-0.2, -0.15) is 0 Å². The maximum absolute atomic E-state index is 12.3. The molecule has 0 spiro atoms. The summed E-state index contributed by atoms with van der Waals surface area (Å²) in [5.74, 6) is -0.391. The molecule has 0 bridgehead atoms. The first-order valence-corrected chi connectivity index (χ1v) is 9.80. The van der Waals surface area contributed by atoms with Gasteiger partial charge < -0.3 is 15.0 Å². The molecule has 1 aromatic rings. The zero-order chi connectivity index (χ0) is 18.4. The Bertz CT molecular complexity index is 712. The molecule has 1 aliphatic rings. The second kappa shape index (κ2) is 8.41. The Kier molecular flexibility index (Phi) is 6.51. The predicted molar refractivity (Wildman–Crippen MR) is 93.0 cm³/mol. The lowest BCUT2D eigenvalue weighted by Gasteiger charge is -2.26. The van der Waals surface area contributed by atoms with Crippen molar-refractivity contribution < 1.29 is 22.7 Å². The predicted octanol–water partition coefficient (Wildman–Crippen LogP) is -0.220. The maximum Gasteiger partial charge on any atom is 0.254 e. The number of ether oxygens (including phenoxy) is 1. The number of likely N-dealkylation sites (N-methyl/N-ethyl adjacent to an activating group) is 1. The number of amides is 2.